The average molecular weight is 275 g/mol. The molecule has 52 valence electrons. The van der Waals surface area contributed by atoms with Crippen LogP contribution in [0, 0.1) is 0 Å². The van der Waals surface area contributed by atoms with E-state index in [9.17, 15) is 0 Å². The van der Waals surface area contributed by atoms with Crippen molar-refractivity contribution in [3.8, 4) is 0 Å². The van der Waals surface area contributed by atoms with E-state index in [2.05, 4.69) is 0 Å². The van der Waals surface area contributed by atoms with Crippen molar-refractivity contribution in [1.82, 2.24) is 0 Å². The predicted molar refractivity (Wildman–Crippen MR) is 28.9 cm³/mol. The molecule has 0 aliphatic carbocycles. The molecule has 8 heavy (non-hydrogen) atoms. The molecule has 0 aromatic heterocycles. The van der Waals surface area contributed by atoms with Gasteiger partial charge in [-0.15, -0.1) is 0 Å². The molecule has 0 bridgehead atoms. The molecule has 5 N–H and O–H groups in total. The number of hydrogen-bond donors (Lipinski definition) is 3. The molecule has 0 heterocycles. The topological polar surface area (TPSA) is 109 Å². The van der Waals surface area contributed by atoms with Gasteiger partial charge in [0.05, 0.1) is 0 Å². The van der Waals surface area contributed by atoms with Gasteiger partial charge in [-0.2, -0.15) is 0 Å². The fourth-order valence-corrected chi connectivity index (χ4v) is 0. The standard InChI is InChI=1S/Ba.FH.H3O4P.H2O.2H/c;;1-5(2,3)4;;;/h;1H;(H3,1,2,3,4);1H2;;. The van der Waals surface area contributed by atoms with Crippen LogP contribution in [0.1, 0.15) is 0 Å². The molecule has 0 spiro atoms. The van der Waals surface area contributed by atoms with Crippen LogP contribution in [-0.2, 0) is 4.57 Å². The molecule has 5 nitrogen and oxygen atoms in total. The van der Waals surface area contributed by atoms with E-state index in [1.807, 2.05) is 0 Å². The molecule has 0 unspecified atom stereocenters. The van der Waals surface area contributed by atoms with Crippen molar-refractivity contribution in [2.24, 2.45) is 0 Å². The van der Waals surface area contributed by atoms with Crippen LogP contribution < -0.4 is 0 Å². The normalized spacial score (nSPS) is 7.38. The van der Waals surface area contributed by atoms with Crippen LogP contribution in [0.25, 0.3) is 0 Å². The van der Waals surface area contributed by atoms with Crippen molar-refractivity contribution in [2.45, 2.75) is 0 Å². The van der Waals surface area contributed by atoms with Gasteiger partial charge in [0.25, 0.3) is 0 Å². The summed E-state index contributed by atoms with van der Waals surface area (Å²) in [5.74, 6) is 0. The van der Waals surface area contributed by atoms with Crippen LogP contribution >= 0.6 is 7.82 Å². The molecule has 0 atom stereocenters. The molecule has 0 rings (SSSR count). The molecule has 0 saturated carbocycles. The summed E-state index contributed by atoms with van der Waals surface area (Å²) in [7, 11) is -4.64. The Kier molecular flexibility index (Phi) is 24.3. The van der Waals surface area contributed by atoms with Crippen molar-refractivity contribution in [3.63, 3.8) is 0 Å². The molecule has 0 aliphatic rings. The first kappa shape index (κ1) is 22.7. The summed E-state index contributed by atoms with van der Waals surface area (Å²) in [6, 6.07) is 0. The van der Waals surface area contributed by atoms with Crippen LogP contribution in [0.3, 0.4) is 0 Å². The van der Waals surface area contributed by atoms with E-state index >= 15 is 0 Å². The zero-order chi connectivity index (χ0) is 4.50. The maximum absolute atomic E-state index is 8.88. The van der Waals surface area contributed by atoms with E-state index in [1.54, 1.807) is 0 Å². The summed E-state index contributed by atoms with van der Waals surface area (Å²) in [5.41, 5.74) is 0. The SMILES string of the molecule is F.O.O=P(O)(O)O.[BaH2]. The Morgan fingerprint density at radius 3 is 1.12 bits per heavy atom. The van der Waals surface area contributed by atoms with E-state index in [-0.39, 0.29) is 59.1 Å². The number of phosphoric acid groups is 1. The third kappa shape index (κ3) is 132. The van der Waals surface area contributed by atoms with Crippen LogP contribution in [0.5, 0.6) is 0 Å². The number of halogens is 1. The molecule has 0 saturated heterocycles. The van der Waals surface area contributed by atoms with Crippen LogP contribution in [0.15, 0.2) is 0 Å². The Morgan fingerprint density at radius 1 is 1.12 bits per heavy atom. The van der Waals surface area contributed by atoms with E-state index < -0.39 is 7.82 Å². The van der Waals surface area contributed by atoms with Crippen molar-refractivity contribution < 1.29 is 29.4 Å². The summed E-state index contributed by atoms with van der Waals surface area (Å²) >= 11 is 0. The van der Waals surface area contributed by atoms with Gasteiger partial charge in [0.2, 0.25) is 0 Å². The van der Waals surface area contributed by atoms with E-state index in [0.717, 1.165) is 0 Å². The molecule has 0 aromatic rings. The van der Waals surface area contributed by atoms with Gasteiger partial charge in [0.1, 0.15) is 0 Å². The Bertz CT molecular complexity index is 58.6. The third-order valence-corrected chi connectivity index (χ3v) is 0. The summed E-state index contributed by atoms with van der Waals surface area (Å²) in [6.07, 6.45) is 0. The quantitative estimate of drug-likeness (QED) is 0.335. The summed E-state index contributed by atoms with van der Waals surface area (Å²) in [6.45, 7) is 0. The van der Waals surface area contributed by atoms with E-state index in [0.29, 0.717) is 0 Å². The zero-order valence-corrected chi connectivity index (χ0v) is 4.00. The fraction of sp³-hybridized carbons (Fsp3) is 0. The molecular formula is H8BaFO5P. The van der Waals surface area contributed by atoms with Gasteiger partial charge in [-0.05, 0) is 0 Å². The van der Waals surface area contributed by atoms with Crippen LogP contribution in [0.4, 0.5) is 4.70 Å². The molecule has 0 radical (unpaired) electrons. The maximum atomic E-state index is 8.88. The van der Waals surface area contributed by atoms with Gasteiger partial charge in [-0.25, -0.2) is 4.57 Å². The van der Waals surface area contributed by atoms with E-state index in [4.69, 9.17) is 19.2 Å². The van der Waals surface area contributed by atoms with Crippen molar-refractivity contribution in [1.29, 1.82) is 0 Å². The first-order valence-electron chi connectivity index (χ1n) is 0.783. The first-order valence-corrected chi connectivity index (χ1v) is 2.35. The molecule has 8 heteroatoms. The fourth-order valence-electron chi connectivity index (χ4n) is 0. The van der Waals surface area contributed by atoms with Crippen molar-refractivity contribution in [3.05, 3.63) is 0 Å². The first-order chi connectivity index (χ1) is 2.00. The monoisotopic (exact) mass is 276 g/mol. The van der Waals surface area contributed by atoms with Gasteiger partial charge in [0.15, 0.2) is 0 Å². The van der Waals surface area contributed by atoms with E-state index in [1.165, 1.54) is 0 Å². The minimum atomic E-state index is -4.64. The van der Waals surface area contributed by atoms with Crippen LogP contribution in [0.2, 0.25) is 0 Å². The number of hydrogen-bond acceptors (Lipinski definition) is 1. The van der Waals surface area contributed by atoms with Gasteiger partial charge in [-0.3, -0.25) is 4.70 Å². The summed E-state index contributed by atoms with van der Waals surface area (Å²) in [4.78, 5) is 21.6. The molecule has 0 aliphatic heterocycles. The van der Waals surface area contributed by atoms with Gasteiger partial charge < -0.3 is 20.2 Å². The Balaban J connectivity index is -0.0000000267. The second-order valence-electron chi connectivity index (χ2n) is 0.513. The predicted octanol–water partition coefficient (Wildman–Crippen LogP) is -2.52. The molecule has 0 fully saturated rings. The molecule has 0 aromatic carbocycles. The minimum absolute atomic E-state index is 0. The zero-order valence-electron chi connectivity index (χ0n) is 3.11. The molecule has 0 amide bonds. The van der Waals surface area contributed by atoms with Gasteiger partial charge >= 0.3 is 56.7 Å². The summed E-state index contributed by atoms with van der Waals surface area (Å²) < 4.78 is 8.88. The molecular weight excluding hydrogens is 267 g/mol. The van der Waals surface area contributed by atoms with Gasteiger partial charge in [0, 0.05) is 0 Å². The second-order valence-corrected chi connectivity index (χ2v) is 1.54. The Labute approximate surface area is 85.1 Å². The second kappa shape index (κ2) is 8.57. The van der Waals surface area contributed by atoms with Gasteiger partial charge in [-0.1, -0.05) is 0 Å². The summed E-state index contributed by atoms with van der Waals surface area (Å²) in [5, 5.41) is 0. The Morgan fingerprint density at radius 2 is 1.12 bits per heavy atom. The Hall–Kier alpha value is 1.57. The van der Waals surface area contributed by atoms with Crippen LogP contribution in [-0.4, -0.2) is 69.0 Å². The third-order valence-electron chi connectivity index (χ3n) is 0. The van der Waals surface area contributed by atoms with Crippen molar-refractivity contribution in [2.75, 3.05) is 0 Å². The van der Waals surface area contributed by atoms with Crippen molar-refractivity contribution >= 4 is 56.7 Å². The number of rotatable bonds is 0. The average Bonchev–Trinajstić information content (AvgIpc) is 0.722.